The lowest BCUT2D eigenvalue weighted by molar-refractivity contribution is -0.181. The number of aliphatic hydroxyl groups excluding tert-OH is 1. The van der Waals surface area contributed by atoms with Crippen molar-refractivity contribution in [1.29, 1.82) is 0 Å². The number of hydrogen-bond donors (Lipinski definition) is 2. The van der Waals surface area contributed by atoms with Gasteiger partial charge in [-0.15, -0.1) is 0 Å². The van der Waals surface area contributed by atoms with Gasteiger partial charge < -0.3 is 15.2 Å². The third-order valence-corrected chi connectivity index (χ3v) is 3.14. The summed E-state index contributed by atoms with van der Waals surface area (Å²) in [5.41, 5.74) is -0.237. The van der Waals surface area contributed by atoms with Crippen molar-refractivity contribution in [2.45, 2.75) is 58.3 Å². The van der Waals surface area contributed by atoms with E-state index in [-0.39, 0.29) is 23.9 Å². The van der Waals surface area contributed by atoms with Gasteiger partial charge in [0, 0.05) is 25.7 Å². The normalized spacial score (nSPS) is 25.0. The van der Waals surface area contributed by atoms with Gasteiger partial charge in [-0.3, -0.25) is 4.90 Å². The fourth-order valence-corrected chi connectivity index (χ4v) is 2.92. The van der Waals surface area contributed by atoms with Crippen LogP contribution >= 0.6 is 0 Å². The average Bonchev–Trinajstić information content (AvgIpc) is 2.19. The fourth-order valence-electron chi connectivity index (χ4n) is 2.92. The highest BCUT2D eigenvalue weighted by atomic mass is 16.5. The molecule has 0 amide bonds. The van der Waals surface area contributed by atoms with Crippen molar-refractivity contribution in [1.82, 2.24) is 10.2 Å². The lowest BCUT2D eigenvalue weighted by atomic mass is 9.98. The minimum absolute atomic E-state index is 0.119. The first-order valence-corrected chi connectivity index (χ1v) is 7.05. The highest BCUT2D eigenvalue weighted by Gasteiger charge is 2.38. The van der Waals surface area contributed by atoms with Crippen LogP contribution in [-0.4, -0.2) is 60.0 Å². The van der Waals surface area contributed by atoms with Crippen LogP contribution in [0.15, 0.2) is 0 Å². The molecule has 1 atom stereocenters. The van der Waals surface area contributed by atoms with Gasteiger partial charge in [-0.25, -0.2) is 0 Å². The van der Waals surface area contributed by atoms with Gasteiger partial charge in [-0.2, -0.15) is 0 Å². The number of rotatable bonds is 6. The Morgan fingerprint density at radius 3 is 2.22 bits per heavy atom. The molecule has 0 aromatic rings. The zero-order valence-electron chi connectivity index (χ0n) is 12.6. The number of ether oxygens (including phenoxy) is 1. The van der Waals surface area contributed by atoms with Crippen molar-refractivity contribution in [3.05, 3.63) is 0 Å². The quantitative estimate of drug-likeness (QED) is 0.752. The average molecular weight is 258 g/mol. The van der Waals surface area contributed by atoms with Crippen LogP contribution in [0.2, 0.25) is 0 Å². The van der Waals surface area contributed by atoms with Crippen LogP contribution in [0.4, 0.5) is 0 Å². The SMILES string of the molecule is CCCNC(CO)CN1CC(C)(C)OC(C)(C)C1. The smallest absolute Gasteiger partial charge is 0.0760 e. The second-order valence-corrected chi connectivity index (χ2v) is 6.62. The second-order valence-electron chi connectivity index (χ2n) is 6.62. The fraction of sp³-hybridized carbons (Fsp3) is 1.00. The van der Waals surface area contributed by atoms with Crippen LogP contribution in [0.1, 0.15) is 41.0 Å². The lowest BCUT2D eigenvalue weighted by Crippen LogP contribution is -2.59. The first kappa shape index (κ1) is 15.9. The Hall–Kier alpha value is -0.160. The van der Waals surface area contributed by atoms with Crippen LogP contribution in [-0.2, 0) is 4.74 Å². The number of nitrogens with one attached hydrogen (secondary N) is 1. The summed E-state index contributed by atoms with van der Waals surface area (Å²) in [5, 5.41) is 12.8. The molecule has 1 saturated heterocycles. The van der Waals surface area contributed by atoms with E-state index in [4.69, 9.17) is 4.74 Å². The van der Waals surface area contributed by atoms with E-state index in [0.717, 1.165) is 32.6 Å². The Morgan fingerprint density at radius 2 is 1.78 bits per heavy atom. The van der Waals surface area contributed by atoms with Gasteiger partial charge in [0.15, 0.2) is 0 Å². The van der Waals surface area contributed by atoms with Crippen molar-refractivity contribution >= 4 is 0 Å². The summed E-state index contributed by atoms with van der Waals surface area (Å²) in [4.78, 5) is 2.40. The monoisotopic (exact) mass is 258 g/mol. The Labute approximate surface area is 112 Å². The predicted molar refractivity (Wildman–Crippen MR) is 74.9 cm³/mol. The maximum Gasteiger partial charge on any atom is 0.0760 e. The van der Waals surface area contributed by atoms with E-state index in [2.05, 4.69) is 44.8 Å². The first-order chi connectivity index (χ1) is 8.28. The Morgan fingerprint density at radius 1 is 1.22 bits per heavy atom. The van der Waals surface area contributed by atoms with E-state index in [0.29, 0.717) is 0 Å². The molecule has 1 aliphatic rings. The summed E-state index contributed by atoms with van der Waals surface area (Å²) < 4.78 is 6.06. The molecule has 0 radical (unpaired) electrons. The topological polar surface area (TPSA) is 44.7 Å². The molecule has 4 nitrogen and oxygen atoms in total. The van der Waals surface area contributed by atoms with Gasteiger partial charge in [0.1, 0.15) is 0 Å². The number of nitrogens with zero attached hydrogens (tertiary/aromatic N) is 1. The Balaban J connectivity index is 2.54. The molecular weight excluding hydrogens is 228 g/mol. The molecule has 108 valence electrons. The van der Waals surface area contributed by atoms with Gasteiger partial charge >= 0.3 is 0 Å². The van der Waals surface area contributed by atoms with E-state index < -0.39 is 0 Å². The standard InChI is InChI=1S/C14H30N2O2/c1-6-7-15-12(9-17)8-16-10-13(2,3)18-14(4,5)11-16/h12,15,17H,6-11H2,1-5H3. The number of morpholine rings is 1. The molecule has 0 aromatic carbocycles. The minimum atomic E-state index is -0.119. The molecule has 0 aliphatic carbocycles. The van der Waals surface area contributed by atoms with E-state index in [9.17, 15) is 5.11 Å². The van der Waals surface area contributed by atoms with Gasteiger partial charge in [-0.05, 0) is 40.7 Å². The summed E-state index contributed by atoms with van der Waals surface area (Å²) >= 11 is 0. The van der Waals surface area contributed by atoms with Crippen LogP contribution < -0.4 is 5.32 Å². The van der Waals surface area contributed by atoms with Crippen molar-refractivity contribution in [2.75, 3.05) is 32.8 Å². The highest BCUT2D eigenvalue weighted by molar-refractivity contribution is 4.90. The van der Waals surface area contributed by atoms with E-state index in [1.807, 2.05) is 0 Å². The Kier molecular flexibility index (Phi) is 5.59. The van der Waals surface area contributed by atoms with Gasteiger partial charge in [0.25, 0.3) is 0 Å². The first-order valence-electron chi connectivity index (χ1n) is 7.05. The van der Waals surface area contributed by atoms with Gasteiger partial charge in [-0.1, -0.05) is 6.92 Å². The second kappa shape index (κ2) is 6.33. The largest absolute Gasteiger partial charge is 0.395 e. The molecule has 4 heteroatoms. The van der Waals surface area contributed by atoms with Crippen LogP contribution in [0.5, 0.6) is 0 Å². The Bertz CT molecular complexity index is 238. The highest BCUT2D eigenvalue weighted by Crippen LogP contribution is 2.27. The molecule has 0 aromatic heterocycles. The maximum atomic E-state index is 9.42. The summed E-state index contributed by atoms with van der Waals surface area (Å²) in [7, 11) is 0. The molecule has 18 heavy (non-hydrogen) atoms. The third kappa shape index (κ3) is 5.22. The zero-order valence-corrected chi connectivity index (χ0v) is 12.6. The van der Waals surface area contributed by atoms with E-state index in [1.54, 1.807) is 0 Å². The van der Waals surface area contributed by atoms with Crippen molar-refractivity contribution in [3.63, 3.8) is 0 Å². The maximum absolute atomic E-state index is 9.42. The molecule has 2 N–H and O–H groups in total. The molecule has 1 aliphatic heterocycles. The van der Waals surface area contributed by atoms with Crippen molar-refractivity contribution in [3.8, 4) is 0 Å². The molecule has 0 spiro atoms. The molecule has 1 fully saturated rings. The lowest BCUT2D eigenvalue weighted by Gasteiger charge is -2.48. The zero-order chi connectivity index (χ0) is 13.8. The predicted octanol–water partition coefficient (Wildman–Crippen LogP) is 1.24. The van der Waals surface area contributed by atoms with Crippen molar-refractivity contribution < 1.29 is 9.84 Å². The van der Waals surface area contributed by atoms with Crippen molar-refractivity contribution in [2.24, 2.45) is 0 Å². The molecule has 1 unspecified atom stereocenters. The van der Waals surface area contributed by atoms with Crippen LogP contribution in [0, 0.1) is 0 Å². The number of aliphatic hydroxyl groups is 1. The summed E-state index contributed by atoms with van der Waals surface area (Å²) in [5.74, 6) is 0. The summed E-state index contributed by atoms with van der Waals surface area (Å²) in [6, 6.07) is 0.162. The van der Waals surface area contributed by atoms with Gasteiger partial charge in [0.2, 0.25) is 0 Å². The van der Waals surface area contributed by atoms with E-state index >= 15 is 0 Å². The molecule has 1 heterocycles. The molecule has 0 saturated carbocycles. The molecule has 0 bridgehead atoms. The van der Waals surface area contributed by atoms with Gasteiger partial charge in [0.05, 0.1) is 17.8 Å². The molecule has 1 rings (SSSR count). The summed E-state index contributed by atoms with van der Waals surface area (Å²) in [6.07, 6.45) is 1.09. The molecular formula is C14H30N2O2. The van der Waals surface area contributed by atoms with Crippen LogP contribution in [0.3, 0.4) is 0 Å². The third-order valence-electron chi connectivity index (χ3n) is 3.14. The minimum Gasteiger partial charge on any atom is -0.395 e. The summed E-state index contributed by atoms with van der Waals surface area (Å²) in [6.45, 7) is 14.5. The van der Waals surface area contributed by atoms with E-state index in [1.165, 1.54) is 0 Å². The number of hydrogen-bond acceptors (Lipinski definition) is 4. The van der Waals surface area contributed by atoms with Crippen LogP contribution in [0.25, 0.3) is 0 Å².